The van der Waals surface area contributed by atoms with Crippen molar-refractivity contribution >= 4 is 23.2 Å². The number of carbonyl (C=O) groups is 1. The molecule has 0 unspecified atom stereocenters. The predicted octanol–water partition coefficient (Wildman–Crippen LogP) is 2.15. The maximum atomic E-state index is 12.0. The molecule has 138 valence electrons. The molecule has 1 aromatic carbocycles. The molecule has 2 N–H and O–H groups in total. The lowest BCUT2D eigenvalue weighted by Gasteiger charge is -2.29. The fraction of sp³-hybridized carbons (Fsp3) is 0.350. The number of benzene rings is 1. The molecule has 27 heavy (non-hydrogen) atoms. The van der Waals surface area contributed by atoms with Crippen LogP contribution in [0.15, 0.2) is 42.5 Å². The number of carbonyl (C=O) groups excluding carboxylic acids is 1. The van der Waals surface area contributed by atoms with Crippen molar-refractivity contribution in [1.82, 2.24) is 19.9 Å². The SMILES string of the molecule is O=C(Nc1nc2cccc(-c3ccc(N4CCNCC4)cc3)n2n1)C1CC1. The first-order chi connectivity index (χ1) is 13.3. The molecule has 2 aromatic heterocycles. The molecule has 1 aliphatic heterocycles. The summed E-state index contributed by atoms with van der Waals surface area (Å²) in [6.45, 7) is 4.11. The largest absolute Gasteiger partial charge is 0.369 e. The van der Waals surface area contributed by atoms with Gasteiger partial charge < -0.3 is 10.2 Å². The first-order valence-corrected chi connectivity index (χ1v) is 9.51. The molecule has 3 aromatic rings. The number of fused-ring (bicyclic) bond motifs is 1. The van der Waals surface area contributed by atoms with E-state index in [0.29, 0.717) is 5.95 Å². The summed E-state index contributed by atoms with van der Waals surface area (Å²) in [5, 5.41) is 10.7. The molecule has 3 heterocycles. The van der Waals surface area contributed by atoms with E-state index in [9.17, 15) is 4.79 Å². The number of hydrogen-bond donors (Lipinski definition) is 2. The van der Waals surface area contributed by atoms with Crippen molar-refractivity contribution in [3.63, 3.8) is 0 Å². The second-order valence-corrected chi connectivity index (χ2v) is 7.16. The van der Waals surface area contributed by atoms with Crippen LogP contribution in [0.3, 0.4) is 0 Å². The number of nitrogens with zero attached hydrogens (tertiary/aromatic N) is 4. The van der Waals surface area contributed by atoms with Gasteiger partial charge in [0.05, 0.1) is 5.69 Å². The Morgan fingerprint density at radius 1 is 1.07 bits per heavy atom. The summed E-state index contributed by atoms with van der Waals surface area (Å²) in [5.41, 5.74) is 4.00. The summed E-state index contributed by atoms with van der Waals surface area (Å²) in [6, 6.07) is 14.5. The van der Waals surface area contributed by atoms with Gasteiger partial charge in [-0.15, -0.1) is 5.10 Å². The second-order valence-electron chi connectivity index (χ2n) is 7.16. The van der Waals surface area contributed by atoms with Gasteiger partial charge in [0.2, 0.25) is 11.9 Å². The van der Waals surface area contributed by atoms with Gasteiger partial charge in [-0.3, -0.25) is 10.1 Å². The molecule has 2 fully saturated rings. The molecule has 0 spiro atoms. The molecule has 1 saturated heterocycles. The molecule has 7 nitrogen and oxygen atoms in total. The Hall–Kier alpha value is -2.93. The normalized spacial score (nSPS) is 17.3. The lowest BCUT2D eigenvalue weighted by molar-refractivity contribution is -0.117. The molecule has 0 radical (unpaired) electrons. The molecule has 1 saturated carbocycles. The Morgan fingerprint density at radius 2 is 1.85 bits per heavy atom. The number of anilines is 2. The van der Waals surface area contributed by atoms with E-state index in [1.54, 1.807) is 4.52 Å². The van der Waals surface area contributed by atoms with Gasteiger partial charge in [-0.25, -0.2) is 4.52 Å². The van der Waals surface area contributed by atoms with Gasteiger partial charge in [0.1, 0.15) is 0 Å². The summed E-state index contributed by atoms with van der Waals surface area (Å²) in [6.07, 6.45) is 1.92. The summed E-state index contributed by atoms with van der Waals surface area (Å²) >= 11 is 0. The van der Waals surface area contributed by atoms with E-state index >= 15 is 0 Å². The van der Waals surface area contributed by atoms with E-state index in [1.807, 2.05) is 18.2 Å². The number of amides is 1. The van der Waals surface area contributed by atoms with Gasteiger partial charge in [0.25, 0.3) is 0 Å². The lowest BCUT2D eigenvalue weighted by Crippen LogP contribution is -2.43. The van der Waals surface area contributed by atoms with E-state index < -0.39 is 0 Å². The highest BCUT2D eigenvalue weighted by atomic mass is 16.2. The van der Waals surface area contributed by atoms with Crippen molar-refractivity contribution < 1.29 is 4.79 Å². The van der Waals surface area contributed by atoms with Gasteiger partial charge >= 0.3 is 0 Å². The van der Waals surface area contributed by atoms with Crippen LogP contribution in [0.25, 0.3) is 16.9 Å². The van der Waals surface area contributed by atoms with Gasteiger partial charge in [-0.1, -0.05) is 18.2 Å². The van der Waals surface area contributed by atoms with Crippen LogP contribution in [0.2, 0.25) is 0 Å². The average Bonchev–Trinajstić information content (AvgIpc) is 3.49. The number of hydrogen-bond acceptors (Lipinski definition) is 5. The van der Waals surface area contributed by atoms with Crippen LogP contribution in [0.1, 0.15) is 12.8 Å². The second kappa shape index (κ2) is 6.66. The van der Waals surface area contributed by atoms with Crippen LogP contribution in [0, 0.1) is 5.92 Å². The highest BCUT2D eigenvalue weighted by molar-refractivity contribution is 5.92. The zero-order chi connectivity index (χ0) is 18.2. The van der Waals surface area contributed by atoms with Gasteiger partial charge in [-0.2, -0.15) is 4.98 Å². The fourth-order valence-electron chi connectivity index (χ4n) is 3.50. The van der Waals surface area contributed by atoms with Crippen LogP contribution >= 0.6 is 0 Å². The zero-order valence-electron chi connectivity index (χ0n) is 15.1. The molecule has 7 heteroatoms. The molecule has 5 rings (SSSR count). The quantitative estimate of drug-likeness (QED) is 0.744. The monoisotopic (exact) mass is 362 g/mol. The summed E-state index contributed by atoms with van der Waals surface area (Å²) < 4.78 is 1.79. The third-order valence-electron chi connectivity index (χ3n) is 5.19. The summed E-state index contributed by atoms with van der Waals surface area (Å²) in [5.74, 6) is 0.526. The third kappa shape index (κ3) is 3.26. The predicted molar refractivity (Wildman–Crippen MR) is 105 cm³/mol. The minimum atomic E-state index is 0.0211. The lowest BCUT2D eigenvalue weighted by atomic mass is 10.1. The molecule has 1 amide bonds. The van der Waals surface area contributed by atoms with Crippen LogP contribution in [-0.2, 0) is 4.79 Å². The van der Waals surface area contributed by atoms with Crippen molar-refractivity contribution in [1.29, 1.82) is 0 Å². The molecular formula is C20H22N6O. The number of aromatic nitrogens is 3. The average molecular weight is 362 g/mol. The van der Waals surface area contributed by atoms with E-state index in [1.165, 1.54) is 5.69 Å². The number of piperazine rings is 1. The first-order valence-electron chi connectivity index (χ1n) is 9.51. The summed E-state index contributed by atoms with van der Waals surface area (Å²) in [4.78, 5) is 18.8. The van der Waals surface area contributed by atoms with Crippen LogP contribution in [-0.4, -0.2) is 46.7 Å². The Kier molecular flexibility index (Phi) is 4.01. The Bertz CT molecular complexity index is 970. The Labute approximate surface area is 157 Å². The first kappa shape index (κ1) is 16.3. The van der Waals surface area contributed by atoms with Crippen molar-refractivity contribution in [3.8, 4) is 11.3 Å². The molecule has 2 aliphatic rings. The fourth-order valence-corrected chi connectivity index (χ4v) is 3.50. The molecular weight excluding hydrogens is 340 g/mol. The van der Waals surface area contributed by atoms with Gasteiger partial charge in [-0.05, 0) is 37.1 Å². The summed E-state index contributed by atoms with van der Waals surface area (Å²) in [7, 11) is 0. The third-order valence-corrected chi connectivity index (χ3v) is 5.19. The van der Waals surface area contributed by atoms with Gasteiger partial charge in [0, 0.05) is 43.3 Å². The van der Waals surface area contributed by atoms with Crippen LogP contribution < -0.4 is 15.5 Å². The van der Waals surface area contributed by atoms with E-state index in [2.05, 4.69) is 49.9 Å². The smallest absolute Gasteiger partial charge is 0.249 e. The molecule has 1 aliphatic carbocycles. The number of nitrogens with one attached hydrogen (secondary N) is 2. The van der Waals surface area contributed by atoms with E-state index in [-0.39, 0.29) is 11.8 Å². The van der Waals surface area contributed by atoms with Crippen molar-refractivity contribution in [2.45, 2.75) is 12.8 Å². The standard InChI is InChI=1S/C20H22N6O/c27-19(15-4-5-15)23-20-22-18-3-1-2-17(26(18)24-20)14-6-8-16(9-7-14)25-12-10-21-11-13-25/h1-3,6-9,15,21H,4-5,10-13H2,(H,23,24,27). The maximum absolute atomic E-state index is 12.0. The maximum Gasteiger partial charge on any atom is 0.249 e. The van der Waals surface area contributed by atoms with Crippen molar-refractivity contribution in [2.75, 3.05) is 36.4 Å². The Morgan fingerprint density at radius 3 is 2.59 bits per heavy atom. The highest BCUT2D eigenvalue weighted by Crippen LogP contribution is 2.30. The van der Waals surface area contributed by atoms with Crippen LogP contribution in [0.5, 0.6) is 0 Å². The zero-order valence-corrected chi connectivity index (χ0v) is 15.1. The molecule has 0 atom stereocenters. The number of pyridine rings is 1. The Balaban J connectivity index is 1.43. The van der Waals surface area contributed by atoms with E-state index in [0.717, 1.165) is 55.9 Å². The minimum Gasteiger partial charge on any atom is -0.369 e. The highest BCUT2D eigenvalue weighted by Gasteiger charge is 2.30. The minimum absolute atomic E-state index is 0.0211. The van der Waals surface area contributed by atoms with Crippen molar-refractivity contribution in [3.05, 3.63) is 42.5 Å². The van der Waals surface area contributed by atoms with Crippen LogP contribution in [0.4, 0.5) is 11.6 Å². The van der Waals surface area contributed by atoms with E-state index in [4.69, 9.17) is 0 Å². The number of rotatable bonds is 4. The van der Waals surface area contributed by atoms with Gasteiger partial charge in [0.15, 0.2) is 5.65 Å². The molecule has 0 bridgehead atoms. The topological polar surface area (TPSA) is 74.6 Å². The van der Waals surface area contributed by atoms with Crippen molar-refractivity contribution in [2.24, 2.45) is 5.92 Å².